The lowest BCUT2D eigenvalue weighted by atomic mass is 10.0. The quantitative estimate of drug-likeness (QED) is 0.896. The molecule has 3 atom stereocenters. The summed E-state index contributed by atoms with van der Waals surface area (Å²) in [6.07, 6.45) is 6.76. The molecule has 0 bridgehead atoms. The maximum absolute atomic E-state index is 12.6. The fraction of sp³-hybridized carbons (Fsp3) is 0.500. The van der Waals surface area contributed by atoms with Gasteiger partial charge in [0, 0.05) is 31.1 Å². The molecule has 1 saturated heterocycles. The molecule has 0 radical (unpaired) electrons. The normalized spacial score (nSPS) is 26.2. The van der Waals surface area contributed by atoms with Gasteiger partial charge in [0.25, 0.3) is 5.91 Å². The van der Waals surface area contributed by atoms with E-state index in [1.165, 1.54) is 0 Å². The van der Waals surface area contributed by atoms with Crippen molar-refractivity contribution in [2.45, 2.75) is 25.0 Å². The van der Waals surface area contributed by atoms with Gasteiger partial charge in [0.1, 0.15) is 5.69 Å². The SMILES string of the molecule is O=C(c1ccn[nH]1)N1CCO[C@@H]2[C@@H](COc3ncccn3)CC[C@@H]21. The first-order valence-electron chi connectivity index (χ1n) is 8.14. The largest absolute Gasteiger partial charge is 0.463 e. The fourth-order valence-electron chi connectivity index (χ4n) is 3.56. The summed E-state index contributed by atoms with van der Waals surface area (Å²) >= 11 is 0. The number of ether oxygens (including phenoxy) is 2. The Morgan fingerprint density at radius 2 is 2.21 bits per heavy atom. The van der Waals surface area contributed by atoms with E-state index >= 15 is 0 Å². The van der Waals surface area contributed by atoms with Crippen molar-refractivity contribution in [3.63, 3.8) is 0 Å². The zero-order chi connectivity index (χ0) is 16.4. The minimum absolute atomic E-state index is 0.00525. The Hall–Kier alpha value is -2.48. The van der Waals surface area contributed by atoms with E-state index in [0.29, 0.717) is 31.5 Å². The van der Waals surface area contributed by atoms with Crippen LogP contribution in [-0.4, -0.2) is 62.9 Å². The summed E-state index contributed by atoms with van der Waals surface area (Å²) in [6.45, 7) is 1.64. The van der Waals surface area contributed by atoms with Gasteiger partial charge in [-0.2, -0.15) is 5.10 Å². The van der Waals surface area contributed by atoms with E-state index in [1.54, 1.807) is 30.7 Å². The maximum Gasteiger partial charge on any atom is 0.316 e. The van der Waals surface area contributed by atoms with Crippen LogP contribution in [0.25, 0.3) is 0 Å². The van der Waals surface area contributed by atoms with Gasteiger partial charge >= 0.3 is 6.01 Å². The highest BCUT2D eigenvalue weighted by atomic mass is 16.5. The molecule has 24 heavy (non-hydrogen) atoms. The van der Waals surface area contributed by atoms with Crippen molar-refractivity contribution in [3.05, 3.63) is 36.4 Å². The molecule has 1 amide bonds. The number of nitrogens with one attached hydrogen (secondary N) is 1. The Balaban J connectivity index is 1.42. The van der Waals surface area contributed by atoms with Gasteiger partial charge in [0.05, 0.1) is 25.4 Å². The number of nitrogens with zero attached hydrogens (tertiary/aromatic N) is 4. The third-order valence-corrected chi connectivity index (χ3v) is 4.68. The number of carbonyl (C=O) groups excluding carboxylic acids is 1. The lowest BCUT2D eigenvalue weighted by Gasteiger charge is -2.39. The molecule has 2 fully saturated rings. The topological polar surface area (TPSA) is 93.2 Å². The van der Waals surface area contributed by atoms with Gasteiger partial charge in [0.2, 0.25) is 0 Å². The highest BCUT2D eigenvalue weighted by molar-refractivity contribution is 5.92. The molecule has 3 heterocycles. The number of aromatic amines is 1. The van der Waals surface area contributed by atoms with Crippen molar-refractivity contribution >= 4 is 5.91 Å². The van der Waals surface area contributed by atoms with Gasteiger partial charge in [-0.3, -0.25) is 9.89 Å². The lowest BCUT2D eigenvalue weighted by Crippen LogP contribution is -2.53. The number of carbonyl (C=O) groups is 1. The highest BCUT2D eigenvalue weighted by Gasteiger charge is 2.45. The van der Waals surface area contributed by atoms with E-state index in [1.807, 2.05) is 4.90 Å². The minimum Gasteiger partial charge on any atom is -0.463 e. The third-order valence-electron chi connectivity index (χ3n) is 4.68. The first-order chi connectivity index (χ1) is 11.8. The number of hydrogen-bond donors (Lipinski definition) is 1. The average Bonchev–Trinajstić information content (AvgIpc) is 3.30. The Morgan fingerprint density at radius 3 is 3.00 bits per heavy atom. The van der Waals surface area contributed by atoms with Crippen LogP contribution in [0.15, 0.2) is 30.7 Å². The van der Waals surface area contributed by atoms with Crippen molar-refractivity contribution in [3.8, 4) is 6.01 Å². The van der Waals surface area contributed by atoms with Crippen molar-refractivity contribution in [2.24, 2.45) is 5.92 Å². The summed E-state index contributed by atoms with van der Waals surface area (Å²) in [6, 6.07) is 3.92. The van der Waals surface area contributed by atoms with Crippen molar-refractivity contribution in [1.82, 2.24) is 25.1 Å². The zero-order valence-electron chi connectivity index (χ0n) is 13.2. The van der Waals surface area contributed by atoms with E-state index in [0.717, 1.165) is 12.8 Å². The molecular weight excluding hydrogens is 310 g/mol. The number of H-pyrrole nitrogens is 1. The van der Waals surface area contributed by atoms with E-state index in [9.17, 15) is 4.79 Å². The molecule has 0 spiro atoms. The second kappa shape index (κ2) is 6.56. The second-order valence-electron chi connectivity index (χ2n) is 6.05. The van der Waals surface area contributed by atoms with E-state index in [4.69, 9.17) is 9.47 Å². The summed E-state index contributed by atoms with van der Waals surface area (Å²) in [5.41, 5.74) is 0.521. The molecule has 2 aromatic heterocycles. The molecule has 8 heteroatoms. The van der Waals surface area contributed by atoms with Gasteiger partial charge in [-0.25, -0.2) is 9.97 Å². The molecule has 126 valence electrons. The average molecular weight is 329 g/mol. The van der Waals surface area contributed by atoms with Crippen LogP contribution in [0, 0.1) is 5.92 Å². The molecule has 8 nitrogen and oxygen atoms in total. The number of fused-ring (bicyclic) bond motifs is 1. The Bertz CT molecular complexity index is 678. The molecule has 2 aliphatic rings. The summed E-state index contributed by atoms with van der Waals surface area (Å²) in [4.78, 5) is 22.7. The van der Waals surface area contributed by atoms with Crippen LogP contribution in [0.4, 0.5) is 0 Å². The smallest absolute Gasteiger partial charge is 0.316 e. The number of aromatic nitrogens is 4. The molecule has 1 N–H and O–H groups in total. The number of amides is 1. The summed E-state index contributed by atoms with van der Waals surface area (Å²) in [5.74, 6) is 0.218. The van der Waals surface area contributed by atoms with Crippen LogP contribution >= 0.6 is 0 Å². The third kappa shape index (κ3) is 2.84. The summed E-state index contributed by atoms with van der Waals surface area (Å²) < 4.78 is 11.6. The van der Waals surface area contributed by atoms with Gasteiger partial charge in [0.15, 0.2) is 0 Å². The molecule has 2 aromatic rings. The van der Waals surface area contributed by atoms with E-state index in [2.05, 4.69) is 20.2 Å². The minimum atomic E-state index is -0.0150. The zero-order valence-corrected chi connectivity index (χ0v) is 13.2. The van der Waals surface area contributed by atoms with E-state index in [-0.39, 0.29) is 24.0 Å². The van der Waals surface area contributed by atoms with Crippen LogP contribution < -0.4 is 4.74 Å². The van der Waals surface area contributed by atoms with Crippen LogP contribution in [0.5, 0.6) is 6.01 Å². The fourth-order valence-corrected chi connectivity index (χ4v) is 3.56. The first kappa shape index (κ1) is 15.1. The van der Waals surface area contributed by atoms with E-state index < -0.39 is 0 Å². The van der Waals surface area contributed by atoms with Gasteiger partial charge in [-0.1, -0.05) is 0 Å². The number of hydrogen-bond acceptors (Lipinski definition) is 6. The molecule has 1 aliphatic carbocycles. The van der Waals surface area contributed by atoms with Crippen LogP contribution in [-0.2, 0) is 4.74 Å². The van der Waals surface area contributed by atoms with Crippen LogP contribution in [0.1, 0.15) is 23.3 Å². The molecule has 0 aromatic carbocycles. The van der Waals surface area contributed by atoms with Crippen molar-refractivity contribution in [1.29, 1.82) is 0 Å². The van der Waals surface area contributed by atoms with Crippen molar-refractivity contribution in [2.75, 3.05) is 19.8 Å². The summed E-state index contributed by atoms with van der Waals surface area (Å²) in [5, 5.41) is 6.61. The van der Waals surface area contributed by atoms with Crippen LogP contribution in [0.2, 0.25) is 0 Å². The molecular formula is C16H19N5O3. The van der Waals surface area contributed by atoms with Gasteiger partial charge in [-0.05, 0) is 25.0 Å². The van der Waals surface area contributed by atoms with Crippen LogP contribution in [0.3, 0.4) is 0 Å². The Kier molecular flexibility index (Phi) is 4.12. The Morgan fingerprint density at radius 1 is 1.33 bits per heavy atom. The van der Waals surface area contributed by atoms with Gasteiger partial charge in [-0.15, -0.1) is 0 Å². The summed E-state index contributed by atoms with van der Waals surface area (Å²) in [7, 11) is 0. The second-order valence-corrected chi connectivity index (χ2v) is 6.05. The van der Waals surface area contributed by atoms with Gasteiger partial charge < -0.3 is 14.4 Å². The lowest BCUT2D eigenvalue weighted by molar-refractivity contribution is -0.0684. The maximum atomic E-state index is 12.6. The Labute approximate surface area is 139 Å². The predicted octanol–water partition coefficient (Wildman–Crippen LogP) is 0.898. The molecule has 0 unspecified atom stereocenters. The first-order valence-corrected chi connectivity index (χ1v) is 8.14. The molecule has 1 saturated carbocycles. The highest BCUT2D eigenvalue weighted by Crippen LogP contribution is 2.35. The monoisotopic (exact) mass is 329 g/mol. The number of morpholine rings is 1. The molecule has 1 aliphatic heterocycles. The number of rotatable bonds is 4. The standard InChI is InChI=1S/C16H19N5O3/c22-15(12-4-7-19-20-12)21-8-9-23-14-11(2-3-13(14)21)10-24-16-17-5-1-6-18-16/h1,4-7,11,13-14H,2-3,8-10H2,(H,19,20)/t11-,13+,14-/m1/s1. The predicted molar refractivity (Wildman–Crippen MR) is 83.4 cm³/mol. The van der Waals surface area contributed by atoms with Crippen molar-refractivity contribution < 1.29 is 14.3 Å². The molecule has 4 rings (SSSR count).